The average molecular weight is 214 g/mol. The largest absolute Gasteiger partial charge is 0.507 e. The first-order valence-electron chi connectivity index (χ1n) is 3.12. The van der Waals surface area contributed by atoms with Crippen LogP contribution in [0.15, 0.2) is 10.8 Å². The summed E-state index contributed by atoms with van der Waals surface area (Å²) in [4.78, 5) is 0. The van der Waals surface area contributed by atoms with E-state index < -0.39 is 12.2 Å². The summed E-state index contributed by atoms with van der Waals surface area (Å²) in [6.45, 7) is 0. The molecule has 0 bridgehead atoms. The number of hydrogen-bond acceptors (Lipinski definition) is 3. The topological polar surface area (TPSA) is 18.5 Å². The second-order valence-corrected chi connectivity index (χ2v) is 3.08. The molecular formula is C6H2F4O2S. The number of fused-ring (bicyclic) bond motifs is 1. The van der Waals surface area contributed by atoms with Crippen molar-refractivity contribution in [2.45, 2.75) is 12.2 Å². The van der Waals surface area contributed by atoms with E-state index in [1.165, 1.54) is 10.8 Å². The van der Waals surface area contributed by atoms with Gasteiger partial charge in [0.25, 0.3) is 0 Å². The SMILES string of the molecule is FC1(F)Oc2cscc2OC1(F)F. The molecule has 0 saturated carbocycles. The molecule has 72 valence electrons. The molecule has 0 unspecified atom stereocenters. The number of rotatable bonds is 0. The minimum absolute atomic E-state index is 0.360. The molecule has 1 aliphatic rings. The third kappa shape index (κ3) is 1.14. The molecule has 0 atom stereocenters. The maximum absolute atomic E-state index is 12.4. The molecule has 0 N–H and O–H groups in total. The summed E-state index contributed by atoms with van der Waals surface area (Å²) in [7, 11) is 0. The Balaban J connectivity index is 2.43. The lowest BCUT2D eigenvalue weighted by atomic mass is 10.4. The highest BCUT2D eigenvalue weighted by molar-refractivity contribution is 7.08. The molecule has 0 saturated heterocycles. The smallest absolute Gasteiger partial charge is 0.420 e. The van der Waals surface area contributed by atoms with Gasteiger partial charge in [-0.3, -0.25) is 0 Å². The van der Waals surface area contributed by atoms with Crippen LogP contribution in [0.1, 0.15) is 0 Å². The zero-order chi connectivity index (χ0) is 9.69. The summed E-state index contributed by atoms with van der Waals surface area (Å²) < 4.78 is 57.3. The molecule has 0 radical (unpaired) electrons. The fourth-order valence-corrected chi connectivity index (χ4v) is 1.46. The van der Waals surface area contributed by atoms with Crippen molar-refractivity contribution in [1.29, 1.82) is 0 Å². The predicted octanol–water partition coefficient (Wildman–Crippen LogP) is 2.70. The first-order valence-corrected chi connectivity index (χ1v) is 4.06. The Hall–Kier alpha value is -0.980. The molecule has 2 heterocycles. The Kier molecular flexibility index (Phi) is 1.51. The lowest BCUT2D eigenvalue weighted by molar-refractivity contribution is -0.391. The van der Waals surface area contributed by atoms with Gasteiger partial charge >= 0.3 is 12.2 Å². The van der Waals surface area contributed by atoms with Gasteiger partial charge in [0.2, 0.25) is 0 Å². The molecule has 0 aliphatic carbocycles. The van der Waals surface area contributed by atoms with Gasteiger partial charge in [-0.1, -0.05) is 0 Å². The van der Waals surface area contributed by atoms with Gasteiger partial charge in [-0.05, 0) is 0 Å². The minimum atomic E-state index is -4.61. The predicted molar refractivity (Wildman–Crippen MR) is 35.5 cm³/mol. The molecule has 0 fully saturated rings. The molecule has 0 spiro atoms. The van der Waals surface area contributed by atoms with Crippen molar-refractivity contribution in [2.24, 2.45) is 0 Å². The van der Waals surface area contributed by atoms with Gasteiger partial charge in [-0.2, -0.15) is 17.6 Å². The van der Waals surface area contributed by atoms with Crippen LogP contribution in [0.25, 0.3) is 0 Å². The molecule has 13 heavy (non-hydrogen) atoms. The standard InChI is InChI=1S/C6H2F4O2S/c7-5(8)6(9,10)12-4-2-13-1-3(4)11-5/h1-2H. The number of halogens is 4. The fraction of sp³-hybridized carbons (Fsp3) is 0.333. The van der Waals surface area contributed by atoms with E-state index in [0.717, 1.165) is 11.3 Å². The molecule has 0 aromatic carbocycles. The second-order valence-electron chi connectivity index (χ2n) is 2.34. The zero-order valence-electron chi connectivity index (χ0n) is 5.89. The average Bonchev–Trinajstić information content (AvgIpc) is 2.33. The Morgan fingerprint density at radius 2 is 1.31 bits per heavy atom. The summed E-state index contributed by atoms with van der Waals surface area (Å²) in [5.41, 5.74) is 0. The van der Waals surface area contributed by atoms with Crippen molar-refractivity contribution < 1.29 is 27.0 Å². The lowest BCUT2D eigenvalue weighted by Crippen LogP contribution is -2.51. The molecule has 2 rings (SSSR count). The molecular weight excluding hydrogens is 212 g/mol. The first kappa shape index (κ1) is 8.61. The number of ether oxygens (including phenoxy) is 2. The van der Waals surface area contributed by atoms with Crippen molar-refractivity contribution >= 4 is 11.3 Å². The van der Waals surface area contributed by atoms with Crippen LogP contribution in [-0.2, 0) is 0 Å². The number of alkyl halides is 4. The minimum Gasteiger partial charge on any atom is -0.420 e. The van der Waals surface area contributed by atoms with Gasteiger partial charge in [0.05, 0.1) is 0 Å². The van der Waals surface area contributed by atoms with E-state index in [0.29, 0.717) is 0 Å². The second kappa shape index (κ2) is 2.28. The highest BCUT2D eigenvalue weighted by atomic mass is 32.1. The fourth-order valence-electron chi connectivity index (χ4n) is 0.817. The van der Waals surface area contributed by atoms with E-state index in [2.05, 4.69) is 9.47 Å². The van der Waals surface area contributed by atoms with Crippen LogP contribution in [0.2, 0.25) is 0 Å². The van der Waals surface area contributed by atoms with Crippen LogP contribution in [-0.4, -0.2) is 12.2 Å². The van der Waals surface area contributed by atoms with Crippen LogP contribution in [0, 0.1) is 0 Å². The van der Waals surface area contributed by atoms with Gasteiger partial charge in [0, 0.05) is 10.8 Å². The van der Waals surface area contributed by atoms with Crippen molar-refractivity contribution in [1.82, 2.24) is 0 Å². The Morgan fingerprint density at radius 3 is 1.69 bits per heavy atom. The Bertz CT molecular complexity index is 305. The highest BCUT2D eigenvalue weighted by Crippen LogP contribution is 2.48. The van der Waals surface area contributed by atoms with Gasteiger partial charge in [0.1, 0.15) is 0 Å². The van der Waals surface area contributed by atoms with Gasteiger partial charge in [-0.25, -0.2) is 0 Å². The van der Waals surface area contributed by atoms with E-state index >= 15 is 0 Å². The maximum Gasteiger partial charge on any atom is 0.507 e. The van der Waals surface area contributed by atoms with Crippen LogP contribution in [0.4, 0.5) is 17.6 Å². The van der Waals surface area contributed by atoms with Gasteiger partial charge in [0.15, 0.2) is 11.5 Å². The van der Waals surface area contributed by atoms with E-state index in [1.807, 2.05) is 0 Å². The molecule has 1 aromatic heterocycles. The van der Waals surface area contributed by atoms with Crippen molar-refractivity contribution in [3.05, 3.63) is 10.8 Å². The maximum atomic E-state index is 12.4. The van der Waals surface area contributed by atoms with Gasteiger partial charge < -0.3 is 9.47 Å². The third-order valence-corrected chi connectivity index (χ3v) is 2.11. The van der Waals surface area contributed by atoms with Crippen molar-refractivity contribution in [3.63, 3.8) is 0 Å². The molecule has 0 amide bonds. The summed E-state index contributed by atoms with van der Waals surface area (Å²) in [6.07, 6.45) is -9.22. The van der Waals surface area contributed by atoms with E-state index in [4.69, 9.17) is 0 Å². The molecule has 1 aliphatic heterocycles. The normalized spacial score (nSPS) is 22.8. The van der Waals surface area contributed by atoms with Crippen molar-refractivity contribution in [3.8, 4) is 11.5 Å². The first-order chi connectivity index (χ1) is 5.92. The van der Waals surface area contributed by atoms with Crippen LogP contribution in [0.3, 0.4) is 0 Å². The summed E-state index contributed by atoms with van der Waals surface area (Å²) in [5.74, 6) is -0.721. The zero-order valence-corrected chi connectivity index (χ0v) is 6.71. The Labute approximate surface area is 73.7 Å². The molecule has 2 nitrogen and oxygen atoms in total. The summed E-state index contributed by atoms with van der Waals surface area (Å²) >= 11 is 0.940. The Morgan fingerprint density at radius 1 is 0.923 bits per heavy atom. The quantitative estimate of drug-likeness (QED) is 0.618. The molecule has 7 heteroatoms. The summed E-state index contributed by atoms with van der Waals surface area (Å²) in [5, 5.41) is 2.33. The lowest BCUT2D eigenvalue weighted by Gasteiger charge is -2.30. The third-order valence-electron chi connectivity index (χ3n) is 1.41. The van der Waals surface area contributed by atoms with Gasteiger partial charge in [-0.15, -0.1) is 11.3 Å². The van der Waals surface area contributed by atoms with E-state index in [9.17, 15) is 17.6 Å². The van der Waals surface area contributed by atoms with Crippen LogP contribution < -0.4 is 9.47 Å². The number of hydrogen-bond donors (Lipinski definition) is 0. The van der Waals surface area contributed by atoms with E-state index in [-0.39, 0.29) is 11.5 Å². The van der Waals surface area contributed by atoms with E-state index in [1.54, 1.807) is 0 Å². The monoisotopic (exact) mass is 214 g/mol. The van der Waals surface area contributed by atoms with Crippen LogP contribution >= 0.6 is 11.3 Å². The summed E-state index contributed by atoms with van der Waals surface area (Å²) in [6, 6.07) is 0. The van der Waals surface area contributed by atoms with Crippen LogP contribution in [0.5, 0.6) is 11.5 Å². The molecule has 1 aromatic rings. The number of thiophene rings is 1. The highest BCUT2D eigenvalue weighted by Gasteiger charge is 2.66. The van der Waals surface area contributed by atoms with Crippen molar-refractivity contribution in [2.75, 3.05) is 0 Å².